The molecule has 10 nitrogen and oxygen atoms in total. The summed E-state index contributed by atoms with van der Waals surface area (Å²) >= 11 is 3.31. The quantitative estimate of drug-likeness (QED) is 0.348. The van der Waals surface area contributed by atoms with E-state index in [0.717, 1.165) is 12.1 Å². The molecule has 0 bridgehead atoms. The van der Waals surface area contributed by atoms with Crippen molar-refractivity contribution in [3.63, 3.8) is 0 Å². The van der Waals surface area contributed by atoms with Crippen LogP contribution in [0.1, 0.15) is 52.9 Å². The van der Waals surface area contributed by atoms with E-state index in [1.165, 1.54) is 6.07 Å². The summed E-state index contributed by atoms with van der Waals surface area (Å²) in [6, 6.07) is 6.24. The maximum Gasteiger partial charge on any atom is 0.433 e. The van der Waals surface area contributed by atoms with Crippen molar-refractivity contribution >= 4 is 39.5 Å². The lowest BCUT2D eigenvalue weighted by Gasteiger charge is -2.19. The van der Waals surface area contributed by atoms with Gasteiger partial charge in [-0.3, -0.25) is 9.59 Å². The molecule has 2 N–H and O–H groups in total. The van der Waals surface area contributed by atoms with Crippen LogP contribution in [0.2, 0.25) is 0 Å². The number of carbonyl (C=O) groups is 3. The summed E-state index contributed by atoms with van der Waals surface area (Å²) in [5.41, 5.74) is -0.728. The topological polar surface area (TPSA) is 119 Å². The highest BCUT2D eigenvalue weighted by atomic mass is 79.9. The van der Waals surface area contributed by atoms with Gasteiger partial charge in [0, 0.05) is 29.7 Å². The van der Waals surface area contributed by atoms with E-state index < -0.39 is 29.5 Å². The number of ether oxygens (including phenoxy) is 3. The Balaban J connectivity index is 1.42. The van der Waals surface area contributed by atoms with Crippen LogP contribution in [-0.2, 0) is 26.9 Å². The fourth-order valence-electron chi connectivity index (χ4n) is 3.61. The standard InChI is InChI=1S/C26H30BrF3N4O6/c1-25(2,3)40-24(37)31-7-9-38-11-12-39-10-8-34-15-16-13-20(18(27)14-17(16)23(34)36)33-22(35)19-5-4-6-21(32-19)26(28,29)30/h4-6,13-14H,7-12,15H2,1-3H3,(H,31,37)(H,33,35). The lowest BCUT2D eigenvalue weighted by molar-refractivity contribution is -0.141. The van der Waals surface area contributed by atoms with Crippen LogP contribution >= 0.6 is 15.9 Å². The molecule has 1 aromatic carbocycles. The molecule has 0 saturated heterocycles. The Kier molecular flexibility index (Phi) is 10.5. The first-order chi connectivity index (χ1) is 18.7. The summed E-state index contributed by atoms with van der Waals surface area (Å²) < 4.78 is 55.3. The van der Waals surface area contributed by atoms with Crippen molar-refractivity contribution in [1.82, 2.24) is 15.2 Å². The SMILES string of the molecule is CC(C)(C)OC(=O)NCCOCCOCCN1Cc2cc(NC(=O)c3cccc(C(F)(F)F)n3)c(Br)cc2C1=O. The Morgan fingerprint density at radius 3 is 2.45 bits per heavy atom. The van der Waals surface area contributed by atoms with Gasteiger partial charge in [-0.1, -0.05) is 6.07 Å². The van der Waals surface area contributed by atoms with Gasteiger partial charge in [0.25, 0.3) is 11.8 Å². The lowest BCUT2D eigenvalue weighted by atomic mass is 10.1. The normalized spacial score (nSPS) is 13.3. The minimum atomic E-state index is -4.67. The predicted octanol–water partition coefficient (Wildman–Crippen LogP) is 4.63. The van der Waals surface area contributed by atoms with Gasteiger partial charge in [0.05, 0.1) is 32.1 Å². The van der Waals surface area contributed by atoms with Crippen LogP contribution in [0.25, 0.3) is 0 Å². The minimum absolute atomic E-state index is 0.207. The predicted molar refractivity (Wildman–Crippen MR) is 142 cm³/mol. The van der Waals surface area contributed by atoms with Gasteiger partial charge in [0.1, 0.15) is 17.0 Å². The van der Waals surface area contributed by atoms with E-state index in [1.54, 1.807) is 37.8 Å². The zero-order chi connectivity index (χ0) is 29.5. The van der Waals surface area contributed by atoms with Crippen LogP contribution in [0.15, 0.2) is 34.8 Å². The molecule has 0 unspecified atom stereocenters. The Bertz CT molecular complexity index is 1240. The van der Waals surface area contributed by atoms with Crippen molar-refractivity contribution in [2.45, 2.75) is 39.1 Å². The third kappa shape index (κ3) is 9.17. The molecule has 0 atom stereocenters. The number of aromatic nitrogens is 1. The number of amides is 3. The maximum atomic E-state index is 12.9. The van der Waals surface area contributed by atoms with Gasteiger partial charge in [0.2, 0.25) is 0 Å². The van der Waals surface area contributed by atoms with E-state index in [0.29, 0.717) is 54.2 Å². The van der Waals surface area contributed by atoms with Crippen LogP contribution in [-0.4, -0.2) is 72.9 Å². The Morgan fingerprint density at radius 1 is 1.07 bits per heavy atom. The van der Waals surface area contributed by atoms with Crippen LogP contribution in [0, 0.1) is 0 Å². The molecule has 0 aliphatic carbocycles. The average Bonchev–Trinajstić information content (AvgIpc) is 3.15. The van der Waals surface area contributed by atoms with Gasteiger partial charge in [-0.15, -0.1) is 0 Å². The lowest BCUT2D eigenvalue weighted by Crippen LogP contribution is -2.34. The molecule has 1 aliphatic heterocycles. The van der Waals surface area contributed by atoms with E-state index in [4.69, 9.17) is 14.2 Å². The molecule has 40 heavy (non-hydrogen) atoms. The summed E-state index contributed by atoms with van der Waals surface area (Å²) in [7, 11) is 0. The highest BCUT2D eigenvalue weighted by molar-refractivity contribution is 9.10. The van der Waals surface area contributed by atoms with Crippen molar-refractivity contribution in [1.29, 1.82) is 0 Å². The van der Waals surface area contributed by atoms with Crippen molar-refractivity contribution in [2.75, 3.05) is 44.8 Å². The number of halogens is 4. The number of fused-ring (bicyclic) bond motifs is 1. The number of hydrogen-bond acceptors (Lipinski definition) is 7. The van der Waals surface area contributed by atoms with E-state index in [9.17, 15) is 27.6 Å². The summed E-state index contributed by atoms with van der Waals surface area (Å²) in [4.78, 5) is 41.9. The molecule has 3 amide bonds. The first-order valence-corrected chi connectivity index (χ1v) is 13.1. The fourth-order valence-corrected chi connectivity index (χ4v) is 4.06. The van der Waals surface area contributed by atoms with Crippen molar-refractivity contribution < 1.29 is 41.8 Å². The molecule has 3 rings (SSSR count). The zero-order valence-corrected chi connectivity index (χ0v) is 23.8. The first-order valence-electron chi connectivity index (χ1n) is 12.3. The van der Waals surface area contributed by atoms with Gasteiger partial charge in [0.15, 0.2) is 0 Å². The summed E-state index contributed by atoms with van der Waals surface area (Å²) in [6.07, 6.45) is -5.19. The van der Waals surface area contributed by atoms with E-state index in [1.807, 2.05) is 0 Å². The second kappa shape index (κ2) is 13.4. The number of alkyl carbamates (subject to hydrolysis) is 1. The van der Waals surface area contributed by atoms with Gasteiger partial charge in [-0.05, 0) is 66.5 Å². The largest absolute Gasteiger partial charge is 0.444 e. The van der Waals surface area contributed by atoms with Gasteiger partial charge < -0.3 is 29.7 Å². The van der Waals surface area contributed by atoms with Crippen LogP contribution in [0.4, 0.5) is 23.7 Å². The molecule has 14 heteroatoms. The third-order valence-electron chi connectivity index (χ3n) is 5.38. The monoisotopic (exact) mass is 630 g/mol. The Labute approximate surface area is 237 Å². The number of benzene rings is 1. The number of carbonyl (C=O) groups excluding carboxylic acids is 3. The molecule has 1 aliphatic rings. The number of pyridine rings is 1. The number of nitrogens with zero attached hydrogens (tertiary/aromatic N) is 2. The Hall–Kier alpha value is -3.23. The highest BCUT2D eigenvalue weighted by Crippen LogP contribution is 2.32. The number of nitrogens with one attached hydrogen (secondary N) is 2. The van der Waals surface area contributed by atoms with Gasteiger partial charge in [-0.2, -0.15) is 13.2 Å². The molecular weight excluding hydrogens is 601 g/mol. The molecular formula is C26H30BrF3N4O6. The zero-order valence-electron chi connectivity index (χ0n) is 22.2. The third-order valence-corrected chi connectivity index (χ3v) is 6.04. The fraction of sp³-hybridized carbons (Fsp3) is 0.462. The van der Waals surface area contributed by atoms with E-state index in [-0.39, 0.29) is 24.8 Å². The molecule has 0 fully saturated rings. The molecule has 0 radical (unpaired) electrons. The van der Waals surface area contributed by atoms with E-state index >= 15 is 0 Å². The van der Waals surface area contributed by atoms with Crippen molar-refractivity contribution in [3.8, 4) is 0 Å². The van der Waals surface area contributed by atoms with E-state index in [2.05, 4.69) is 31.5 Å². The Morgan fingerprint density at radius 2 is 1.77 bits per heavy atom. The number of anilines is 1. The average molecular weight is 631 g/mol. The summed E-state index contributed by atoms with van der Waals surface area (Å²) in [6.45, 7) is 7.38. The molecule has 2 heterocycles. The van der Waals surface area contributed by atoms with Crippen LogP contribution in [0.5, 0.6) is 0 Å². The molecule has 0 spiro atoms. The van der Waals surface area contributed by atoms with Gasteiger partial charge in [-0.25, -0.2) is 9.78 Å². The second-order valence-electron chi connectivity index (χ2n) is 9.73. The minimum Gasteiger partial charge on any atom is -0.444 e. The second-order valence-corrected chi connectivity index (χ2v) is 10.6. The number of rotatable bonds is 11. The van der Waals surface area contributed by atoms with Gasteiger partial charge >= 0.3 is 12.3 Å². The molecule has 218 valence electrons. The summed E-state index contributed by atoms with van der Waals surface area (Å²) in [5.74, 6) is -1.02. The highest BCUT2D eigenvalue weighted by Gasteiger charge is 2.33. The van der Waals surface area contributed by atoms with Crippen LogP contribution < -0.4 is 10.6 Å². The smallest absolute Gasteiger partial charge is 0.433 e. The number of alkyl halides is 3. The van der Waals surface area contributed by atoms with Crippen molar-refractivity contribution in [3.05, 3.63) is 57.3 Å². The number of hydrogen-bond donors (Lipinski definition) is 2. The molecule has 0 saturated carbocycles. The summed E-state index contributed by atoms with van der Waals surface area (Å²) in [5, 5.41) is 5.13. The molecule has 1 aromatic heterocycles. The van der Waals surface area contributed by atoms with Crippen molar-refractivity contribution in [2.24, 2.45) is 0 Å². The first kappa shape index (κ1) is 31.3. The van der Waals surface area contributed by atoms with Crippen LogP contribution in [0.3, 0.4) is 0 Å². The maximum absolute atomic E-state index is 12.9. The molecule has 2 aromatic rings.